The van der Waals surface area contributed by atoms with Crippen molar-refractivity contribution in [3.8, 4) is 84.9 Å². The van der Waals surface area contributed by atoms with Gasteiger partial charge < -0.3 is 4.74 Å². The highest BCUT2D eigenvalue weighted by Crippen LogP contribution is 2.62. The largest absolute Gasteiger partial charge is 0.457 e. The Labute approximate surface area is 337 Å². The van der Waals surface area contributed by atoms with Crippen molar-refractivity contribution in [1.82, 2.24) is 9.97 Å². The normalized spacial score (nSPS) is 12.7. The van der Waals surface area contributed by atoms with Crippen molar-refractivity contribution in [1.29, 1.82) is 5.26 Å². The van der Waals surface area contributed by atoms with Crippen LogP contribution >= 0.6 is 0 Å². The molecule has 58 heavy (non-hydrogen) atoms. The monoisotopic (exact) mass is 739 g/mol. The number of nitriles is 1. The van der Waals surface area contributed by atoms with Crippen LogP contribution in [0.5, 0.6) is 11.5 Å². The zero-order chi connectivity index (χ0) is 38.6. The van der Waals surface area contributed by atoms with E-state index >= 15 is 0 Å². The molecule has 1 spiro atoms. The highest BCUT2D eigenvalue weighted by molar-refractivity contribution is 5.92. The highest BCUT2D eigenvalue weighted by Gasteiger charge is 2.51. The Balaban J connectivity index is 1.15. The number of ether oxygens (including phenoxy) is 1. The molecule has 0 amide bonds. The van der Waals surface area contributed by atoms with Gasteiger partial charge in [-0.2, -0.15) is 5.26 Å². The van der Waals surface area contributed by atoms with Crippen molar-refractivity contribution in [3.63, 3.8) is 0 Å². The van der Waals surface area contributed by atoms with E-state index in [2.05, 4.69) is 152 Å². The Kier molecular flexibility index (Phi) is 7.74. The summed E-state index contributed by atoms with van der Waals surface area (Å²) in [4.78, 5) is 10.5. The fourth-order valence-corrected chi connectivity index (χ4v) is 8.96. The van der Waals surface area contributed by atoms with Gasteiger partial charge in [0, 0.05) is 27.8 Å². The molecule has 0 radical (unpaired) electrons. The third-order valence-electron chi connectivity index (χ3n) is 11.6. The second kappa shape index (κ2) is 13.4. The molecule has 9 aromatic rings. The van der Waals surface area contributed by atoms with Gasteiger partial charge in [0.1, 0.15) is 11.5 Å². The van der Waals surface area contributed by atoms with Crippen molar-refractivity contribution in [2.45, 2.75) is 5.41 Å². The number of nitrogens with zero attached hydrogens (tertiary/aromatic N) is 3. The van der Waals surface area contributed by atoms with Gasteiger partial charge in [0.15, 0.2) is 5.82 Å². The highest BCUT2D eigenvalue weighted by atomic mass is 16.5. The van der Waals surface area contributed by atoms with Crippen LogP contribution in [0.25, 0.3) is 67.3 Å². The van der Waals surface area contributed by atoms with Crippen LogP contribution in [0.4, 0.5) is 0 Å². The molecule has 8 aromatic carbocycles. The summed E-state index contributed by atoms with van der Waals surface area (Å²) >= 11 is 0. The second-order valence-corrected chi connectivity index (χ2v) is 14.8. The molecule has 0 bridgehead atoms. The Morgan fingerprint density at radius 3 is 1.55 bits per heavy atom. The summed E-state index contributed by atoms with van der Waals surface area (Å²) in [5, 5.41) is 9.76. The molecule has 1 aliphatic heterocycles. The van der Waals surface area contributed by atoms with E-state index in [0.29, 0.717) is 11.4 Å². The first-order chi connectivity index (χ1) is 28.7. The van der Waals surface area contributed by atoms with Crippen LogP contribution in [0.3, 0.4) is 0 Å². The van der Waals surface area contributed by atoms with Crippen LogP contribution < -0.4 is 4.74 Å². The minimum Gasteiger partial charge on any atom is -0.457 e. The van der Waals surface area contributed by atoms with Gasteiger partial charge in [-0.15, -0.1) is 0 Å². The number of hydrogen-bond acceptors (Lipinski definition) is 4. The van der Waals surface area contributed by atoms with E-state index in [1.807, 2.05) is 54.6 Å². The Hall–Kier alpha value is -7.87. The Morgan fingerprint density at radius 1 is 0.379 bits per heavy atom. The van der Waals surface area contributed by atoms with Crippen LogP contribution in [0.2, 0.25) is 0 Å². The topological polar surface area (TPSA) is 58.8 Å². The molecule has 2 heterocycles. The van der Waals surface area contributed by atoms with E-state index < -0.39 is 5.41 Å². The zero-order valence-corrected chi connectivity index (χ0v) is 31.3. The lowest BCUT2D eigenvalue weighted by molar-refractivity contribution is 0.436. The fourth-order valence-electron chi connectivity index (χ4n) is 8.96. The molecule has 0 fully saturated rings. The van der Waals surface area contributed by atoms with Crippen LogP contribution in [-0.2, 0) is 5.41 Å². The van der Waals surface area contributed by atoms with E-state index in [0.717, 1.165) is 84.1 Å². The average molecular weight is 740 g/mol. The minimum atomic E-state index is -0.619. The standard InChI is InChI=1S/C54H33N3O/c55-34-35-13-11-18-38(29-35)40-25-27-45-43(31-40)44-32-41(26-28-46(44)54(45)47-21-7-9-23-51(47)58-52-24-10-8-22-48(52)54)50-33-49(37-16-5-2-6-17-37)56-53(57-50)42-20-12-19-39(30-42)36-14-3-1-4-15-36/h1-33H. The lowest BCUT2D eigenvalue weighted by Gasteiger charge is -2.39. The van der Waals surface area contributed by atoms with E-state index in [9.17, 15) is 5.26 Å². The van der Waals surface area contributed by atoms with Gasteiger partial charge in [-0.1, -0.05) is 152 Å². The Bertz CT molecular complexity index is 3060. The average Bonchev–Trinajstić information content (AvgIpc) is 3.58. The predicted octanol–water partition coefficient (Wildman–Crippen LogP) is 13.2. The fraction of sp³-hybridized carbons (Fsp3) is 0.0185. The molecule has 0 N–H and O–H groups in total. The lowest BCUT2D eigenvalue weighted by Crippen LogP contribution is -2.32. The van der Waals surface area contributed by atoms with E-state index in [-0.39, 0.29) is 0 Å². The van der Waals surface area contributed by atoms with Gasteiger partial charge in [-0.05, 0) is 93.0 Å². The van der Waals surface area contributed by atoms with E-state index in [1.54, 1.807) is 0 Å². The van der Waals surface area contributed by atoms with Gasteiger partial charge >= 0.3 is 0 Å². The molecule has 2 aliphatic rings. The maximum Gasteiger partial charge on any atom is 0.160 e. The van der Waals surface area contributed by atoms with Crippen LogP contribution in [0.1, 0.15) is 27.8 Å². The minimum absolute atomic E-state index is 0.619. The van der Waals surface area contributed by atoms with Crippen LogP contribution in [-0.4, -0.2) is 9.97 Å². The number of hydrogen-bond donors (Lipinski definition) is 0. The van der Waals surface area contributed by atoms with E-state index in [4.69, 9.17) is 14.7 Å². The number of fused-ring (bicyclic) bond motifs is 9. The first-order valence-corrected chi connectivity index (χ1v) is 19.4. The van der Waals surface area contributed by atoms with Gasteiger partial charge in [-0.25, -0.2) is 9.97 Å². The summed E-state index contributed by atoms with van der Waals surface area (Å²) in [5.74, 6) is 2.36. The van der Waals surface area contributed by atoms with Crippen LogP contribution in [0.15, 0.2) is 200 Å². The molecule has 1 aromatic heterocycles. The Morgan fingerprint density at radius 2 is 0.879 bits per heavy atom. The summed E-state index contributed by atoms with van der Waals surface area (Å²) in [5.41, 5.74) is 15.8. The number of para-hydroxylation sites is 2. The number of benzene rings is 8. The van der Waals surface area contributed by atoms with Crippen molar-refractivity contribution in [2.24, 2.45) is 0 Å². The van der Waals surface area contributed by atoms with Crippen molar-refractivity contribution in [2.75, 3.05) is 0 Å². The predicted molar refractivity (Wildman–Crippen MR) is 231 cm³/mol. The SMILES string of the molecule is N#Cc1cccc(-c2ccc3c(c2)-c2cc(-c4cc(-c5ccccc5)nc(-c5cccc(-c6ccccc6)c5)n4)ccc2C32c3ccccc3Oc3ccccc32)c1. The van der Waals surface area contributed by atoms with Gasteiger partial charge in [0.25, 0.3) is 0 Å². The lowest BCUT2D eigenvalue weighted by atomic mass is 9.66. The van der Waals surface area contributed by atoms with Gasteiger partial charge in [0.05, 0.1) is 28.4 Å². The first-order valence-electron chi connectivity index (χ1n) is 19.4. The first kappa shape index (κ1) is 33.5. The number of rotatable bonds is 5. The molecule has 0 saturated heterocycles. The molecule has 11 rings (SSSR count). The molecule has 4 nitrogen and oxygen atoms in total. The third-order valence-corrected chi connectivity index (χ3v) is 11.6. The smallest absolute Gasteiger partial charge is 0.160 e. The molecule has 0 saturated carbocycles. The van der Waals surface area contributed by atoms with Gasteiger partial charge in [0.2, 0.25) is 0 Å². The second-order valence-electron chi connectivity index (χ2n) is 14.8. The van der Waals surface area contributed by atoms with E-state index in [1.165, 1.54) is 11.1 Å². The number of aromatic nitrogens is 2. The molecular formula is C54H33N3O. The van der Waals surface area contributed by atoms with Crippen molar-refractivity contribution >= 4 is 0 Å². The molecule has 270 valence electrons. The summed E-state index contributed by atoms with van der Waals surface area (Å²) in [6, 6.07) is 71.9. The molecular weight excluding hydrogens is 707 g/mol. The molecule has 0 atom stereocenters. The zero-order valence-electron chi connectivity index (χ0n) is 31.3. The molecule has 4 heteroatoms. The summed E-state index contributed by atoms with van der Waals surface area (Å²) in [6.45, 7) is 0. The summed E-state index contributed by atoms with van der Waals surface area (Å²) in [6.07, 6.45) is 0. The van der Waals surface area contributed by atoms with Crippen molar-refractivity contribution in [3.05, 3.63) is 228 Å². The van der Waals surface area contributed by atoms with Crippen LogP contribution in [0, 0.1) is 11.3 Å². The molecule has 0 unspecified atom stereocenters. The molecule has 1 aliphatic carbocycles. The quantitative estimate of drug-likeness (QED) is 0.176. The maximum absolute atomic E-state index is 9.76. The van der Waals surface area contributed by atoms with Crippen molar-refractivity contribution < 1.29 is 4.74 Å². The summed E-state index contributed by atoms with van der Waals surface area (Å²) < 4.78 is 6.61. The third kappa shape index (κ3) is 5.29. The maximum atomic E-state index is 9.76. The summed E-state index contributed by atoms with van der Waals surface area (Å²) in [7, 11) is 0. The van der Waals surface area contributed by atoms with Gasteiger partial charge in [-0.3, -0.25) is 0 Å².